The molecular weight excluding hydrogens is 232 g/mol. The predicted molar refractivity (Wildman–Crippen MR) is 83.4 cm³/mol. The maximum absolute atomic E-state index is 3.93. The lowest BCUT2D eigenvalue weighted by molar-refractivity contribution is 0.200. The quantitative estimate of drug-likeness (QED) is 0.791. The molecular formula is C17H34N2. The molecule has 1 aliphatic carbocycles. The molecule has 2 nitrogen and oxygen atoms in total. The molecule has 0 spiro atoms. The van der Waals surface area contributed by atoms with Gasteiger partial charge < -0.3 is 10.2 Å². The number of fused-ring (bicyclic) bond motifs is 1. The van der Waals surface area contributed by atoms with Crippen molar-refractivity contribution >= 4 is 0 Å². The van der Waals surface area contributed by atoms with Gasteiger partial charge in [-0.15, -0.1) is 0 Å². The Morgan fingerprint density at radius 1 is 1.00 bits per heavy atom. The molecule has 1 saturated carbocycles. The van der Waals surface area contributed by atoms with Gasteiger partial charge in [-0.25, -0.2) is 0 Å². The van der Waals surface area contributed by atoms with Crippen molar-refractivity contribution < 1.29 is 0 Å². The molecule has 0 aromatic rings. The van der Waals surface area contributed by atoms with Gasteiger partial charge in [-0.05, 0) is 37.0 Å². The van der Waals surface area contributed by atoms with Gasteiger partial charge in [-0.3, -0.25) is 0 Å². The summed E-state index contributed by atoms with van der Waals surface area (Å²) in [5, 5.41) is 3.93. The SMILES string of the molecule is CC(C)CN(CC(C)C)CC1CC2CCCCC2N1. The van der Waals surface area contributed by atoms with E-state index in [0.29, 0.717) is 0 Å². The first-order chi connectivity index (χ1) is 9.04. The number of rotatable bonds is 6. The fraction of sp³-hybridized carbons (Fsp3) is 1.00. The average molecular weight is 266 g/mol. The summed E-state index contributed by atoms with van der Waals surface area (Å²) in [4.78, 5) is 2.70. The van der Waals surface area contributed by atoms with Crippen molar-refractivity contribution in [2.75, 3.05) is 19.6 Å². The minimum absolute atomic E-state index is 0.755. The predicted octanol–water partition coefficient (Wildman–Crippen LogP) is 3.52. The van der Waals surface area contributed by atoms with Crippen molar-refractivity contribution in [3.05, 3.63) is 0 Å². The third-order valence-corrected chi connectivity index (χ3v) is 4.67. The zero-order chi connectivity index (χ0) is 13.8. The Morgan fingerprint density at radius 3 is 2.21 bits per heavy atom. The first kappa shape index (κ1) is 15.3. The lowest BCUT2D eigenvalue weighted by Crippen LogP contribution is -2.43. The summed E-state index contributed by atoms with van der Waals surface area (Å²) in [6.45, 7) is 13.1. The molecule has 3 unspecified atom stereocenters. The first-order valence-corrected chi connectivity index (χ1v) is 8.53. The largest absolute Gasteiger partial charge is 0.310 e. The molecule has 112 valence electrons. The van der Waals surface area contributed by atoms with E-state index in [9.17, 15) is 0 Å². The molecule has 3 atom stereocenters. The van der Waals surface area contributed by atoms with Crippen molar-refractivity contribution in [3.8, 4) is 0 Å². The van der Waals surface area contributed by atoms with E-state index in [1.165, 1.54) is 51.7 Å². The topological polar surface area (TPSA) is 15.3 Å². The van der Waals surface area contributed by atoms with Gasteiger partial charge in [0.2, 0.25) is 0 Å². The number of hydrogen-bond donors (Lipinski definition) is 1. The van der Waals surface area contributed by atoms with Crippen LogP contribution in [-0.2, 0) is 0 Å². The molecule has 1 aliphatic heterocycles. The van der Waals surface area contributed by atoms with Crippen molar-refractivity contribution in [3.63, 3.8) is 0 Å². The van der Waals surface area contributed by atoms with Crippen LogP contribution in [0.5, 0.6) is 0 Å². The minimum Gasteiger partial charge on any atom is -0.310 e. The van der Waals surface area contributed by atoms with E-state index in [0.717, 1.165) is 29.8 Å². The van der Waals surface area contributed by atoms with E-state index in [4.69, 9.17) is 0 Å². The third kappa shape index (κ3) is 4.75. The lowest BCUT2D eigenvalue weighted by Gasteiger charge is -2.29. The van der Waals surface area contributed by atoms with Crippen LogP contribution in [0.2, 0.25) is 0 Å². The smallest absolute Gasteiger partial charge is 0.0200 e. The lowest BCUT2D eigenvalue weighted by atomic mass is 9.85. The van der Waals surface area contributed by atoms with E-state index in [1.54, 1.807) is 0 Å². The molecule has 2 fully saturated rings. The Kier molecular flexibility index (Phi) is 5.70. The number of nitrogens with one attached hydrogen (secondary N) is 1. The molecule has 2 rings (SSSR count). The zero-order valence-electron chi connectivity index (χ0n) is 13.5. The van der Waals surface area contributed by atoms with Crippen LogP contribution in [0, 0.1) is 17.8 Å². The molecule has 1 heterocycles. The van der Waals surface area contributed by atoms with E-state index in [1.807, 2.05) is 0 Å². The average Bonchev–Trinajstić information content (AvgIpc) is 2.68. The van der Waals surface area contributed by atoms with Crippen molar-refractivity contribution in [1.82, 2.24) is 10.2 Å². The Hall–Kier alpha value is -0.0800. The summed E-state index contributed by atoms with van der Waals surface area (Å²) >= 11 is 0. The van der Waals surface area contributed by atoms with Crippen molar-refractivity contribution in [1.29, 1.82) is 0 Å². The molecule has 2 aliphatic rings. The highest BCUT2D eigenvalue weighted by molar-refractivity contribution is 4.94. The van der Waals surface area contributed by atoms with E-state index in [2.05, 4.69) is 37.9 Å². The standard InChI is InChI=1S/C17H34N2/c1-13(2)10-19(11-14(3)4)12-16-9-15-7-5-6-8-17(15)18-16/h13-18H,5-12H2,1-4H3. The summed E-state index contributed by atoms with van der Waals surface area (Å²) in [5.74, 6) is 2.54. The Bertz CT molecular complexity index is 238. The highest BCUT2D eigenvalue weighted by atomic mass is 15.2. The second-order valence-electron chi connectivity index (χ2n) is 7.76. The summed E-state index contributed by atoms with van der Waals surface area (Å²) in [7, 11) is 0. The molecule has 0 aromatic heterocycles. The van der Waals surface area contributed by atoms with Gasteiger partial charge in [0.05, 0.1) is 0 Å². The van der Waals surface area contributed by atoms with Crippen LogP contribution in [0.15, 0.2) is 0 Å². The fourth-order valence-electron chi connectivity index (χ4n) is 4.14. The van der Waals surface area contributed by atoms with Gasteiger partial charge >= 0.3 is 0 Å². The monoisotopic (exact) mass is 266 g/mol. The fourth-order valence-corrected chi connectivity index (χ4v) is 4.14. The van der Waals surface area contributed by atoms with Crippen molar-refractivity contribution in [2.24, 2.45) is 17.8 Å². The van der Waals surface area contributed by atoms with E-state index < -0.39 is 0 Å². The van der Waals surface area contributed by atoms with Crippen LogP contribution < -0.4 is 5.32 Å². The second-order valence-corrected chi connectivity index (χ2v) is 7.76. The molecule has 19 heavy (non-hydrogen) atoms. The van der Waals surface area contributed by atoms with E-state index >= 15 is 0 Å². The molecule has 1 saturated heterocycles. The highest BCUT2D eigenvalue weighted by Gasteiger charge is 2.35. The van der Waals surface area contributed by atoms with Gasteiger partial charge in [-0.1, -0.05) is 40.5 Å². The highest BCUT2D eigenvalue weighted by Crippen LogP contribution is 2.33. The summed E-state index contributed by atoms with van der Waals surface area (Å²) in [6, 6.07) is 1.60. The van der Waals surface area contributed by atoms with Crippen LogP contribution >= 0.6 is 0 Å². The molecule has 0 amide bonds. The van der Waals surface area contributed by atoms with Crippen LogP contribution in [0.1, 0.15) is 59.8 Å². The Labute approximate surface area is 120 Å². The normalized spacial score (nSPS) is 31.4. The van der Waals surface area contributed by atoms with Gasteiger partial charge in [-0.2, -0.15) is 0 Å². The Balaban J connectivity index is 1.83. The first-order valence-electron chi connectivity index (χ1n) is 8.53. The third-order valence-electron chi connectivity index (χ3n) is 4.67. The van der Waals surface area contributed by atoms with Gasteiger partial charge in [0, 0.05) is 31.7 Å². The van der Waals surface area contributed by atoms with Gasteiger partial charge in [0.25, 0.3) is 0 Å². The van der Waals surface area contributed by atoms with Crippen molar-refractivity contribution in [2.45, 2.75) is 71.9 Å². The maximum Gasteiger partial charge on any atom is 0.0200 e. The number of hydrogen-bond acceptors (Lipinski definition) is 2. The summed E-state index contributed by atoms with van der Waals surface area (Å²) in [6.07, 6.45) is 7.25. The molecule has 0 aromatic carbocycles. The second kappa shape index (κ2) is 7.08. The maximum atomic E-state index is 3.93. The zero-order valence-corrected chi connectivity index (χ0v) is 13.5. The number of nitrogens with zero attached hydrogens (tertiary/aromatic N) is 1. The van der Waals surface area contributed by atoms with Crippen LogP contribution in [-0.4, -0.2) is 36.6 Å². The molecule has 0 radical (unpaired) electrons. The van der Waals surface area contributed by atoms with Gasteiger partial charge in [0.1, 0.15) is 0 Å². The molecule has 1 N–H and O–H groups in total. The minimum atomic E-state index is 0.755. The summed E-state index contributed by atoms with van der Waals surface area (Å²) < 4.78 is 0. The summed E-state index contributed by atoms with van der Waals surface area (Å²) in [5.41, 5.74) is 0. The van der Waals surface area contributed by atoms with Gasteiger partial charge in [0.15, 0.2) is 0 Å². The van der Waals surface area contributed by atoms with Crippen LogP contribution in [0.4, 0.5) is 0 Å². The van der Waals surface area contributed by atoms with Crippen LogP contribution in [0.25, 0.3) is 0 Å². The molecule has 2 heteroatoms. The van der Waals surface area contributed by atoms with E-state index in [-0.39, 0.29) is 0 Å². The Morgan fingerprint density at radius 2 is 1.63 bits per heavy atom. The van der Waals surface area contributed by atoms with Crippen LogP contribution in [0.3, 0.4) is 0 Å². The molecule has 0 bridgehead atoms.